The molecule has 4 saturated heterocycles. The van der Waals surface area contributed by atoms with E-state index in [0.717, 1.165) is 151 Å². The van der Waals surface area contributed by atoms with Crippen LogP contribution in [0.1, 0.15) is 139 Å². The van der Waals surface area contributed by atoms with Gasteiger partial charge in [0.05, 0.1) is 24.5 Å². The molecule has 6 N–H and O–H groups in total. The molecule has 6 aliphatic rings. The van der Waals surface area contributed by atoms with Gasteiger partial charge in [0.15, 0.2) is 0 Å². The van der Waals surface area contributed by atoms with Crippen LogP contribution in [0.25, 0.3) is 0 Å². The fraction of sp³-hybridized carbons (Fsp3) is 0.606. The number of piperidine rings is 2. The number of rotatable bonds is 21. The van der Waals surface area contributed by atoms with E-state index in [2.05, 4.69) is 64.7 Å². The van der Waals surface area contributed by atoms with Crippen molar-refractivity contribution < 1.29 is 28.0 Å². The number of unbranched alkanes of at least 4 members (excludes halogenated alkanes) is 3. The molecule has 0 aliphatic carbocycles. The van der Waals surface area contributed by atoms with Crippen molar-refractivity contribution in [2.45, 2.75) is 166 Å². The number of hydrogen-bond donors (Lipinski definition) is 6. The fourth-order valence-corrected chi connectivity index (χ4v) is 14.2. The summed E-state index contributed by atoms with van der Waals surface area (Å²) in [4.78, 5) is 101. The Morgan fingerprint density at radius 2 is 0.965 bits per heavy atom. The lowest BCUT2D eigenvalue weighted by Crippen LogP contribution is -2.62. The van der Waals surface area contributed by atoms with Crippen LogP contribution in [0.2, 0.25) is 0 Å². The van der Waals surface area contributed by atoms with E-state index in [4.69, 9.17) is 0 Å². The second-order valence-electron chi connectivity index (χ2n) is 27.1. The van der Waals surface area contributed by atoms with Crippen molar-refractivity contribution in [3.8, 4) is 0 Å². The Morgan fingerprint density at radius 3 is 1.36 bits per heavy atom. The normalized spacial score (nSPS) is 24.3. The number of benzene rings is 2. The maximum atomic E-state index is 14.3. The zero-order valence-corrected chi connectivity index (χ0v) is 51.5. The molecule has 10 rings (SSSR count). The standard InChI is InChI=1S/C66H92F2N12O6/c1-43-33-77(39-59(83)79-41-65(3,4)61-55(79)29-47(63(85)73-61)27-45-17-21-49(67)22-18-45)53(31-69-43)37-75-25-11-13-51(35-75)71-57(81)15-9-7-8-10-16-58(82)72-52-14-12-26-76(36-52)38-54-32-70-44(2)34-78(54)40-60(84)80-42-66(5,6)62-56(80)30-48(64(86)74-62)28-46-19-23-50(68)24-20-46/h17-24,29-30,43-44,51-54,69-70H,7-16,25-28,31-42H2,1-6H3,(H,71,81)(H,72,82)(H,73,85)(H,74,86)/t43-,44-,51-,52-,53-,54-/m1/s1. The molecule has 8 heterocycles. The molecule has 18 nitrogen and oxygen atoms in total. The van der Waals surface area contributed by atoms with E-state index in [-0.39, 0.29) is 95.7 Å². The van der Waals surface area contributed by atoms with Gasteiger partial charge < -0.3 is 41.0 Å². The lowest BCUT2D eigenvalue weighted by atomic mass is 9.91. The Labute approximate surface area is 505 Å². The minimum absolute atomic E-state index is 0.0102. The molecule has 4 aromatic rings. The molecule has 20 heteroatoms. The second-order valence-corrected chi connectivity index (χ2v) is 27.1. The van der Waals surface area contributed by atoms with E-state index >= 15 is 0 Å². The molecule has 6 atom stereocenters. The maximum Gasteiger partial charge on any atom is 0.251 e. The Balaban J connectivity index is 0.629. The number of nitrogens with zero attached hydrogens (tertiary/aromatic N) is 6. The number of aromatic nitrogens is 2. The van der Waals surface area contributed by atoms with Gasteiger partial charge in [0.25, 0.3) is 11.1 Å². The average Bonchev–Trinajstić information content (AvgIpc) is 2.14. The number of likely N-dealkylation sites (tertiary alicyclic amines) is 2. The third kappa shape index (κ3) is 15.7. The van der Waals surface area contributed by atoms with Crippen molar-refractivity contribution in [1.82, 2.24) is 50.8 Å². The predicted octanol–water partition coefficient (Wildman–Crippen LogP) is 5.30. The third-order valence-electron chi connectivity index (χ3n) is 18.8. The monoisotopic (exact) mass is 1190 g/mol. The van der Waals surface area contributed by atoms with E-state index in [1.807, 2.05) is 49.6 Å². The largest absolute Gasteiger partial charge is 0.352 e. The van der Waals surface area contributed by atoms with Gasteiger partial charge in [-0.1, -0.05) is 64.8 Å². The number of pyridine rings is 2. The zero-order chi connectivity index (χ0) is 60.9. The summed E-state index contributed by atoms with van der Waals surface area (Å²) in [6.07, 6.45) is 8.64. The number of fused-ring (bicyclic) bond motifs is 2. The second kappa shape index (κ2) is 27.5. The average molecular weight is 1190 g/mol. The van der Waals surface area contributed by atoms with Crippen LogP contribution in [-0.2, 0) is 42.8 Å². The molecule has 0 saturated carbocycles. The van der Waals surface area contributed by atoms with Crippen molar-refractivity contribution >= 4 is 35.0 Å². The molecule has 0 spiro atoms. The zero-order valence-electron chi connectivity index (χ0n) is 51.5. The molecule has 0 bridgehead atoms. The first-order chi connectivity index (χ1) is 41.1. The lowest BCUT2D eigenvalue weighted by molar-refractivity contribution is -0.123. The summed E-state index contributed by atoms with van der Waals surface area (Å²) in [5.74, 6) is -0.556. The molecule has 466 valence electrons. The van der Waals surface area contributed by atoms with E-state index < -0.39 is 10.8 Å². The van der Waals surface area contributed by atoms with E-state index in [1.165, 1.54) is 24.3 Å². The van der Waals surface area contributed by atoms with Crippen LogP contribution in [0.3, 0.4) is 0 Å². The molecular formula is C66H92F2N12O6. The van der Waals surface area contributed by atoms with Crippen LogP contribution in [0.15, 0.2) is 70.3 Å². The minimum Gasteiger partial charge on any atom is -0.352 e. The summed E-state index contributed by atoms with van der Waals surface area (Å²) in [6.45, 7) is 21.7. The van der Waals surface area contributed by atoms with Crippen LogP contribution in [0.4, 0.5) is 20.2 Å². The third-order valence-corrected chi connectivity index (χ3v) is 18.8. The number of aromatic amines is 2. The molecular weight excluding hydrogens is 1090 g/mol. The van der Waals surface area contributed by atoms with Crippen LogP contribution in [-0.4, -0.2) is 181 Å². The SMILES string of the molecule is C[C@@H]1CN(CC(=O)N2CC(C)(C)c3[nH]c(=O)c(Cc4ccc(F)cc4)cc32)[C@@H](CN2CCC[C@@H](NC(=O)CCCCCCC(=O)N[C@@H]3CCCN(C[C@H]4CN[C@H](C)CN4CC(=O)N4CC(C)(C)c5[nH]c(=O)c(Cc6ccc(F)cc6)cc54)C3)C2)CN1. The summed E-state index contributed by atoms with van der Waals surface area (Å²) in [6, 6.07) is 16.7. The summed E-state index contributed by atoms with van der Waals surface area (Å²) in [5, 5.41) is 13.9. The molecule has 6 aliphatic heterocycles. The molecule has 0 unspecified atom stereocenters. The van der Waals surface area contributed by atoms with Crippen LogP contribution < -0.4 is 42.2 Å². The van der Waals surface area contributed by atoms with E-state index in [1.54, 1.807) is 24.3 Å². The van der Waals surface area contributed by atoms with Crippen LogP contribution >= 0.6 is 0 Å². The number of anilines is 2. The van der Waals surface area contributed by atoms with E-state index in [9.17, 15) is 37.5 Å². The number of piperazine rings is 2. The van der Waals surface area contributed by atoms with Gasteiger partial charge in [-0.2, -0.15) is 0 Å². The number of hydrogen-bond acceptors (Lipinski definition) is 12. The lowest BCUT2D eigenvalue weighted by Gasteiger charge is -2.43. The highest BCUT2D eigenvalue weighted by atomic mass is 19.1. The van der Waals surface area contributed by atoms with Gasteiger partial charge in [0.2, 0.25) is 23.6 Å². The first-order valence-corrected chi connectivity index (χ1v) is 31.7. The molecule has 2 aromatic heterocycles. The number of H-pyrrole nitrogens is 2. The van der Waals surface area contributed by atoms with Gasteiger partial charge in [-0.25, -0.2) is 8.78 Å². The fourth-order valence-electron chi connectivity index (χ4n) is 14.2. The number of carbonyl (C=O) groups excluding carboxylic acids is 4. The highest BCUT2D eigenvalue weighted by Gasteiger charge is 2.43. The van der Waals surface area contributed by atoms with Gasteiger partial charge in [0, 0.05) is 161 Å². The Bertz CT molecular complexity index is 2960. The quantitative estimate of drug-likeness (QED) is 0.0590. The molecule has 0 radical (unpaired) electrons. The number of carbonyl (C=O) groups is 4. The minimum atomic E-state index is -0.440. The van der Waals surface area contributed by atoms with Gasteiger partial charge >= 0.3 is 0 Å². The first kappa shape index (κ1) is 62.9. The Kier molecular flexibility index (Phi) is 20.1. The van der Waals surface area contributed by atoms with Gasteiger partial charge in [-0.3, -0.25) is 48.4 Å². The Morgan fingerprint density at radius 1 is 0.570 bits per heavy atom. The van der Waals surface area contributed by atoms with Crippen molar-refractivity contribution in [3.63, 3.8) is 0 Å². The summed E-state index contributed by atoms with van der Waals surface area (Å²) < 4.78 is 27.3. The molecule has 4 fully saturated rings. The number of halogens is 2. The Hall–Kier alpha value is -6.16. The van der Waals surface area contributed by atoms with Gasteiger partial charge in [-0.15, -0.1) is 0 Å². The van der Waals surface area contributed by atoms with Crippen molar-refractivity contribution in [2.24, 2.45) is 0 Å². The maximum absolute atomic E-state index is 14.3. The van der Waals surface area contributed by atoms with E-state index in [0.29, 0.717) is 49.9 Å². The predicted molar refractivity (Wildman–Crippen MR) is 332 cm³/mol. The smallest absolute Gasteiger partial charge is 0.251 e. The van der Waals surface area contributed by atoms with Crippen molar-refractivity contribution in [1.29, 1.82) is 0 Å². The van der Waals surface area contributed by atoms with Crippen molar-refractivity contribution in [3.05, 3.63) is 127 Å². The first-order valence-electron chi connectivity index (χ1n) is 31.7. The molecule has 86 heavy (non-hydrogen) atoms. The van der Waals surface area contributed by atoms with Crippen LogP contribution in [0, 0.1) is 11.6 Å². The van der Waals surface area contributed by atoms with Crippen LogP contribution in [0.5, 0.6) is 0 Å². The summed E-state index contributed by atoms with van der Waals surface area (Å²) >= 11 is 0. The number of nitrogens with one attached hydrogen (secondary N) is 6. The van der Waals surface area contributed by atoms with Gasteiger partial charge in [0.1, 0.15) is 11.6 Å². The highest BCUT2D eigenvalue weighted by Crippen LogP contribution is 2.41. The van der Waals surface area contributed by atoms with Crippen molar-refractivity contribution in [2.75, 3.05) is 101 Å². The van der Waals surface area contributed by atoms with Gasteiger partial charge in [-0.05, 0) is 113 Å². The highest BCUT2D eigenvalue weighted by molar-refractivity contribution is 5.98. The summed E-state index contributed by atoms with van der Waals surface area (Å²) in [5.41, 5.74) is 4.39. The number of amides is 4. The molecule has 4 amide bonds. The summed E-state index contributed by atoms with van der Waals surface area (Å²) in [7, 11) is 0. The molecule has 2 aromatic carbocycles. The topological polar surface area (TPSA) is 202 Å².